The van der Waals surface area contributed by atoms with E-state index in [1.54, 1.807) is 0 Å². The van der Waals surface area contributed by atoms with Gasteiger partial charge in [0.25, 0.3) is 0 Å². The van der Waals surface area contributed by atoms with Crippen molar-refractivity contribution in [1.82, 2.24) is 14.3 Å². The molecule has 0 atom stereocenters. The van der Waals surface area contributed by atoms with Gasteiger partial charge in [-0.1, -0.05) is 13.8 Å². The topological polar surface area (TPSA) is 60.1 Å². The van der Waals surface area contributed by atoms with Crippen molar-refractivity contribution in [2.24, 2.45) is 5.92 Å². The SMILES string of the molecule is CC(C)CCn1c(=O)nc2n1C(=O)N(c1ccc(F)cc1)C2. The normalized spacial score (nSPS) is 14.0. The minimum Gasteiger partial charge on any atom is -0.285 e. The summed E-state index contributed by atoms with van der Waals surface area (Å²) in [5.41, 5.74) is 0.183. The molecule has 7 heteroatoms. The second-order valence-electron chi connectivity index (χ2n) is 5.77. The molecular formula is C15H17FN4O2. The Morgan fingerprint density at radius 1 is 1.23 bits per heavy atom. The van der Waals surface area contributed by atoms with Gasteiger partial charge in [0.2, 0.25) is 0 Å². The Kier molecular flexibility index (Phi) is 3.56. The van der Waals surface area contributed by atoms with Gasteiger partial charge in [0.05, 0.1) is 6.54 Å². The number of carbonyl (C=O) groups excluding carboxylic acids is 1. The fourth-order valence-corrected chi connectivity index (χ4v) is 2.48. The number of nitrogens with zero attached hydrogens (tertiary/aromatic N) is 4. The zero-order chi connectivity index (χ0) is 15.9. The molecule has 1 aromatic carbocycles. The molecule has 0 fully saturated rings. The van der Waals surface area contributed by atoms with Gasteiger partial charge in [0.1, 0.15) is 5.82 Å². The third-order valence-electron chi connectivity index (χ3n) is 3.70. The summed E-state index contributed by atoms with van der Waals surface area (Å²) in [5.74, 6) is 0.479. The van der Waals surface area contributed by atoms with Crippen LogP contribution in [-0.2, 0) is 13.1 Å². The molecule has 6 nitrogen and oxygen atoms in total. The summed E-state index contributed by atoms with van der Waals surface area (Å²) < 4.78 is 15.7. The lowest BCUT2D eigenvalue weighted by Gasteiger charge is -2.16. The van der Waals surface area contributed by atoms with E-state index in [9.17, 15) is 14.0 Å². The highest BCUT2D eigenvalue weighted by Crippen LogP contribution is 2.23. The van der Waals surface area contributed by atoms with Gasteiger partial charge in [-0.3, -0.25) is 4.90 Å². The summed E-state index contributed by atoms with van der Waals surface area (Å²) in [6.07, 6.45) is 0.787. The van der Waals surface area contributed by atoms with Gasteiger partial charge in [-0.2, -0.15) is 9.67 Å². The molecule has 116 valence electrons. The highest BCUT2D eigenvalue weighted by molar-refractivity contribution is 5.95. The Bertz CT molecular complexity index is 761. The van der Waals surface area contributed by atoms with E-state index >= 15 is 0 Å². The number of amides is 1. The highest BCUT2D eigenvalue weighted by Gasteiger charge is 2.33. The predicted molar refractivity (Wildman–Crippen MR) is 79.3 cm³/mol. The molecule has 1 aliphatic heterocycles. The first kappa shape index (κ1) is 14.5. The number of anilines is 1. The van der Waals surface area contributed by atoms with E-state index in [4.69, 9.17) is 0 Å². The van der Waals surface area contributed by atoms with Gasteiger partial charge in [0.15, 0.2) is 5.82 Å². The van der Waals surface area contributed by atoms with E-state index in [1.165, 1.54) is 38.5 Å². The summed E-state index contributed by atoms with van der Waals surface area (Å²) in [5, 5.41) is 0. The summed E-state index contributed by atoms with van der Waals surface area (Å²) >= 11 is 0. The fraction of sp³-hybridized carbons (Fsp3) is 0.400. The van der Waals surface area contributed by atoms with Crippen LogP contribution in [0.2, 0.25) is 0 Å². The monoisotopic (exact) mass is 304 g/mol. The van der Waals surface area contributed by atoms with E-state index in [1.807, 2.05) is 0 Å². The Hall–Kier alpha value is -2.44. The van der Waals surface area contributed by atoms with Crippen molar-refractivity contribution in [3.63, 3.8) is 0 Å². The van der Waals surface area contributed by atoms with Crippen LogP contribution in [0, 0.1) is 11.7 Å². The van der Waals surface area contributed by atoms with Gasteiger partial charge in [0, 0.05) is 12.2 Å². The first-order valence-corrected chi connectivity index (χ1v) is 7.23. The van der Waals surface area contributed by atoms with Crippen LogP contribution in [0.25, 0.3) is 0 Å². The number of rotatable bonds is 4. The van der Waals surface area contributed by atoms with Crippen LogP contribution < -0.4 is 10.6 Å². The van der Waals surface area contributed by atoms with Gasteiger partial charge in [-0.15, -0.1) is 0 Å². The van der Waals surface area contributed by atoms with Crippen LogP contribution in [0.15, 0.2) is 29.1 Å². The van der Waals surface area contributed by atoms with E-state index in [-0.39, 0.29) is 18.4 Å². The van der Waals surface area contributed by atoms with Gasteiger partial charge >= 0.3 is 11.7 Å². The maximum absolute atomic E-state index is 13.0. The third-order valence-corrected chi connectivity index (χ3v) is 3.70. The van der Waals surface area contributed by atoms with Crippen molar-refractivity contribution in [2.75, 3.05) is 4.90 Å². The van der Waals surface area contributed by atoms with Gasteiger partial charge < -0.3 is 0 Å². The zero-order valence-corrected chi connectivity index (χ0v) is 12.5. The van der Waals surface area contributed by atoms with Crippen molar-refractivity contribution in [1.29, 1.82) is 0 Å². The molecule has 0 bridgehead atoms. The van der Waals surface area contributed by atoms with Crippen molar-refractivity contribution in [3.8, 4) is 0 Å². The fourth-order valence-electron chi connectivity index (χ4n) is 2.48. The molecule has 0 N–H and O–H groups in total. The third kappa shape index (κ3) is 2.43. The molecule has 0 spiro atoms. The number of hydrogen-bond donors (Lipinski definition) is 0. The lowest BCUT2D eigenvalue weighted by molar-refractivity contribution is 0.243. The summed E-state index contributed by atoms with van der Waals surface area (Å²) in [7, 11) is 0. The van der Waals surface area contributed by atoms with E-state index in [0.29, 0.717) is 24.0 Å². The summed E-state index contributed by atoms with van der Waals surface area (Å²) in [6, 6.07) is 5.34. The van der Waals surface area contributed by atoms with Crippen LogP contribution in [-0.4, -0.2) is 20.4 Å². The Morgan fingerprint density at radius 2 is 1.91 bits per heavy atom. The van der Waals surface area contributed by atoms with Crippen LogP contribution >= 0.6 is 0 Å². The molecule has 1 amide bonds. The van der Waals surface area contributed by atoms with Crippen LogP contribution in [0.4, 0.5) is 14.9 Å². The molecule has 0 radical (unpaired) electrons. The number of benzene rings is 1. The second-order valence-corrected chi connectivity index (χ2v) is 5.77. The highest BCUT2D eigenvalue weighted by atomic mass is 19.1. The first-order valence-electron chi connectivity index (χ1n) is 7.23. The minimum atomic E-state index is -0.400. The summed E-state index contributed by atoms with van der Waals surface area (Å²) in [4.78, 5) is 29.9. The second kappa shape index (κ2) is 5.40. The number of aromatic nitrogens is 3. The lowest BCUT2D eigenvalue weighted by Crippen LogP contribution is -2.34. The molecule has 3 rings (SSSR count). The molecular weight excluding hydrogens is 287 g/mol. The van der Waals surface area contributed by atoms with E-state index in [0.717, 1.165) is 6.42 Å². The molecule has 0 aliphatic carbocycles. The largest absolute Gasteiger partial charge is 0.364 e. The smallest absolute Gasteiger partial charge is 0.285 e. The van der Waals surface area contributed by atoms with Crippen molar-refractivity contribution in [2.45, 2.75) is 33.4 Å². The number of hydrogen-bond acceptors (Lipinski definition) is 3. The predicted octanol–water partition coefficient (Wildman–Crippen LogP) is 2.22. The molecule has 0 saturated heterocycles. The van der Waals surface area contributed by atoms with Crippen LogP contribution in [0.3, 0.4) is 0 Å². The van der Waals surface area contributed by atoms with E-state index < -0.39 is 5.69 Å². The van der Waals surface area contributed by atoms with Gasteiger partial charge in [-0.25, -0.2) is 18.7 Å². The average molecular weight is 304 g/mol. The average Bonchev–Trinajstić information content (AvgIpc) is 2.94. The molecule has 2 heterocycles. The summed E-state index contributed by atoms with van der Waals surface area (Å²) in [6.45, 7) is 4.78. The molecule has 1 aromatic heterocycles. The quantitative estimate of drug-likeness (QED) is 0.870. The number of halogens is 1. The molecule has 2 aromatic rings. The standard InChI is InChI=1S/C15H17FN4O2/c1-10(2)7-8-19-14(21)17-13-9-18(15(22)20(13)19)12-5-3-11(16)4-6-12/h3-6,10H,7-9H2,1-2H3. The zero-order valence-electron chi connectivity index (χ0n) is 12.5. The maximum atomic E-state index is 13.0. The number of fused-ring (bicyclic) bond motifs is 1. The van der Waals surface area contributed by atoms with Crippen molar-refractivity contribution >= 4 is 11.7 Å². The molecule has 0 unspecified atom stereocenters. The minimum absolute atomic E-state index is 0.217. The van der Waals surface area contributed by atoms with E-state index in [2.05, 4.69) is 18.8 Å². The van der Waals surface area contributed by atoms with Crippen molar-refractivity contribution < 1.29 is 9.18 Å². The Labute approximate surface area is 126 Å². The molecule has 0 saturated carbocycles. The first-order chi connectivity index (χ1) is 10.5. The Morgan fingerprint density at radius 3 is 2.55 bits per heavy atom. The molecule has 1 aliphatic rings. The maximum Gasteiger partial charge on any atom is 0.364 e. The van der Waals surface area contributed by atoms with Crippen LogP contribution in [0.1, 0.15) is 26.1 Å². The Balaban J connectivity index is 1.91. The van der Waals surface area contributed by atoms with Crippen molar-refractivity contribution in [3.05, 3.63) is 46.4 Å². The van der Waals surface area contributed by atoms with Crippen LogP contribution in [0.5, 0.6) is 0 Å². The number of carbonyl (C=O) groups is 1. The van der Waals surface area contributed by atoms with Gasteiger partial charge in [-0.05, 0) is 36.6 Å². The molecule has 22 heavy (non-hydrogen) atoms. The lowest BCUT2D eigenvalue weighted by atomic mass is 10.1.